The van der Waals surface area contributed by atoms with Crippen molar-refractivity contribution in [1.29, 1.82) is 0 Å². The molecule has 1 amide bonds. The van der Waals surface area contributed by atoms with Gasteiger partial charge >= 0.3 is 5.97 Å². The Bertz CT molecular complexity index is 1430. The SMILES string of the molecule is Cc1ccc(-c2cc(C(=O)OCC(=O)Nc3ccccc3[N+](=O)[O-])c3cnn(C(C)C)c3n2)cc1. The maximum Gasteiger partial charge on any atom is 0.339 e. The number of nitro benzene ring substituents is 1. The number of nitrogens with one attached hydrogen (secondary N) is 1. The van der Waals surface area contributed by atoms with E-state index in [-0.39, 0.29) is 23.0 Å². The maximum atomic E-state index is 13.0. The summed E-state index contributed by atoms with van der Waals surface area (Å²) < 4.78 is 6.98. The van der Waals surface area contributed by atoms with Gasteiger partial charge in [0, 0.05) is 17.7 Å². The molecule has 0 saturated heterocycles. The van der Waals surface area contributed by atoms with Crippen LogP contribution < -0.4 is 5.32 Å². The third-order valence-corrected chi connectivity index (χ3v) is 5.33. The van der Waals surface area contributed by atoms with Gasteiger partial charge in [0.05, 0.1) is 27.8 Å². The monoisotopic (exact) mass is 473 g/mol. The summed E-state index contributed by atoms with van der Waals surface area (Å²) in [5, 5.41) is 18.4. The van der Waals surface area contributed by atoms with E-state index in [0.29, 0.717) is 16.7 Å². The molecule has 0 fully saturated rings. The maximum absolute atomic E-state index is 13.0. The molecule has 1 N–H and O–H groups in total. The number of hydrogen-bond acceptors (Lipinski definition) is 7. The van der Waals surface area contributed by atoms with Crippen molar-refractivity contribution < 1.29 is 19.2 Å². The lowest BCUT2D eigenvalue weighted by Crippen LogP contribution is -2.21. The molecular weight excluding hydrogens is 450 g/mol. The first kappa shape index (κ1) is 23.6. The molecule has 0 aliphatic carbocycles. The van der Waals surface area contributed by atoms with Crippen molar-refractivity contribution in [2.45, 2.75) is 26.8 Å². The second-order valence-corrected chi connectivity index (χ2v) is 8.24. The number of benzene rings is 2. The Morgan fingerprint density at radius 1 is 1.14 bits per heavy atom. The number of hydrogen-bond donors (Lipinski definition) is 1. The molecule has 10 heteroatoms. The molecule has 10 nitrogen and oxygen atoms in total. The molecule has 0 atom stereocenters. The molecule has 178 valence electrons. The van der Waals surface area contributed by atoms with Crippen molar-refractivity contribution in [3.63, 3.8) is 0 Å². The van der Waals surface area contributed by atoms with E-state index in [4.69, 9.17) is 9.72 Å². The van der Waals surface area contributed by atoms with Crippen molar-refractivity contribution in [3.05, 3.63) is 82.0 Å². The lowest BCUT2D eigenvalue weighted by molar-refractivity contribution is -0.383. The van der Waals surface area contributed by atoms with Gasteiger partial charge in [-0.1, -0.05) is 42.0 Å². The van der Waals surface area contributed by atoms with E-state index < -0.39 is 23.4 Å². The number of anilines is 1. The van der Waals surface area contributed by atoms with E-state index in [1.54, 1.807) is 23.0 Å². The fourth-order valence-corrected chi connectivity index (χ4v) is 3.57. The summed E-state index contributed by atoms with van der Waals surface area (Å²) in [6.07, 6.45) is 1.55. The van der Waals surface area contributed by atoms with Crippen LogP contribution in [0.3, 0.4) is 0 Å². The highest BCUT2D eigenvalue weighted by molar-refractivity contribution is 6.05. The number of carbonyl (C=O) groups excluding carboxylic acids is 2. The minimum Gasteiger partial charge on any atom is -0.452 e. The third kappa shape index (κ3) is 5.01. The largest absolute Gasteiger partial charge is 0.452 e. The standard InChI is InChI=1S/C25H23N5O5/c1-15(2)29-24-19(13-26-29)18(12-21(28-24)17-10-8-16(3)9-11-17)25(32)35-14-23(31)27-20-6-4-5-7-22(20)30(33)34/h4-13,15H,14H2,1-3H3,(H,27,31). The number of fused-ring (bicyclic) bond motifs is 1. The second kappa shape index (κ2) is 9.72. The zero-order valence-electron chi connectivity index (χ0n) is 19.4. The first-order chi connectivity index (χ1) is 16.7. The zero-order chi connectivity index (χ0) is 25.1. The predicted molar refractivity (Wildman–Crippen MR) is 130 cm³/mol. The number of aromatic nitrogens is 3. The molecule has 0 aliphatic rings. The van der Waals surface area contributed by atoms with Gasteiger partial charge in [-0.25, -0.2) is 14.5 Å². The molecule has 4 aromatic rings. The van der Waals surface area contributed by atoms with Crippen LogP contribution in [0, 0.1) is 17.0 Å². The topological polar surface area (TPSA) is 129 Å². The molecule has 0 saturated carbocycles. The molecule has 4 rings (SSSR count). The second-order valence-electron chi connectivity index (χ2n) is 8.24. The van der Waals surface area contributed by atoms with Gasteiger partial charge in [0.1, 0.15) is 5.69 Å². The summed E-state index contributed by atoms with van der Waals surface area (Å²) in [6, 6.07) is 15.1. The van der Waals surface area contributed by atoms with Crippen molar-refractivity contribution >= 4 is 34.3 Å². The van der Waals surface area contributed by atoms with Crippen LogP contribution in [0.5, 0.6) is 0 Å². The summed E-state index contributed by atoms with van der Waals surface area (Å²) in [6.45, 7) is 5.27. The van der Waals surface area contributed by atoms with Crippen LogP contribution in [0.25, 0.3) is 22.3 Å². The Hall–Kier alpha value is -4.60. The van der Waals surface area contributed by atoms with Crippen LogP contribution >= 0.6 is 0 Å². The highest BCUT2D eigenvalue weighted by Crippen LogP contribution is 2.27. The van der Waals surface area contributed by atoms with E-state index in [2.05, 4.69) is 10.4 Å². The van der Waals surface area contributed by atoms with Crippen LogP contribution in [-0.4, -0.2) is 38.2 Å². The number of ether oxygens (including phenoxy) is 1. The first-order valence-electron chi connectivity index (χ1n) is 10.9. The molecule has 0 spiro atoms. The van der Waals surface area contributed by atoms with Crippen LogP contribution in [0.15, 0.2) is 60.8 Å². The van der Waals surface area contributed by atoms with Crippen molar-refractivity contribution in [3.8, 4) is 11.3 Å². The van der Waals surface area contributed by atoms with Gasteiger partial charge in [-0.15, -0.1) is 0 Å². The molecule has 0 radical (unpaired) electrons. The minimum absolute atomic E-state index is 0.00424. The van der Waals surface area contributed by atoms with Gasteiger partial charge in [0.25, 0.3) is 11.6 Å². The van der Waals surface area contributed by atoms with E-state index in [0.717, 1.165) is 11.1 Å². The summed E-state index contributed by atoms with van der Waals surface area (Å²) in [5.41, 5.74) is 2.97. The number of esters is 1. The fraction of sp³-hybridized carbons (Fsp3) is 0.200. The van der Waals surface area contributed by atoms with Gasteiger partial charge in [-0.05, 0) is 32.9 Å². The molecule has 2 heterocycles. The predicted octanol–water partition coefficient (Wildman–Crippen LogP) is 4.69. The van der Waals surface area contributed by atoms with E-state index in [1.807, 2.05) is 45.0 Å². The Kier molecular flexibility index (Phi) is 6.54. The van der Waals surface area contributed by atoms with Gasteiger partial charge in [0.2, 0.25) is 0 Å². The number of pyridine rings is 1. The third-order valence-electron chi connectivity index (χ3n) is 5.33. The van der Waals surface area contributed by atoms with Gasteiger partial charge < -0.3 is 10.1 Å². The van der Waals surface area contributed by atoms with Gasteiger partial charge in [-0.3, -0.25) is 14.9 Å². The van der Waals surface area contributed by atoms with Crippen LogP contribution in [-0.2, 0) is 9.53 Å². The molecule has 35 heavy (non-hydrogen) atoms. The number of nitro groups is 1. The number of carbonyl (C=O) groups is 2. The Balaban J connectivity index is 1.61. The summed E-state index contributed by atoms with van der Waals surface area (Å²) >= 11 is 0. The molecule has 0 bridgehead atoms. The molecule has 2 aromatic carbocycles. The highest BCUT2D eigenvalue weighted by atomic mass is 16.6. The molecule has 2 aromatic heterocycles. The summed E-state index contributed by atoms with van der Waals surface area (Å²) in [5.74, 6) is -1.43. The lowest BCUT2D eigenvalue weighted by Gasteiger charge is -2.11. The fourth-order valence-electron chi connectivity index (χ4n) is 3.57. The van der Waals surface area contributed by atoms with Crippen LogP contribution in [0.4, 0.5) is 11.4 Å². The lowest BCUT2D eigenvalue weighted by atomic mass is 10.1. The van der Waals surface area contributed by atoms with Crippen LogP contribution in [0.1, 0.15) is 35.8 Å². The Morgan fingerprint density at radius 2 is 1.86 bits per heavy atom. The summed E-state index contributed by atoms with van der Waals surface area (Å²) in [4.78, 5) is 40.7. The van der Waals surface area contributed by atoms with E-state index in [9.17, 15) is 19.7 Å². The Morgan fingerprint density at radius 3 is 2.54 bits per heavy atom. The average molecular weight is 473 g/mol. The quantitative estimate of drug-likeness (QED) is 0.234. The average Bonchev–Trinajstić information content (AvgIpc) is 3.27. The van der Waals surface area contributed by atoms with Crippen molar-refractivity contribution in [2.75, 3.05) is 11.9 Å². The zero-order valence-corrected chi connectivity index (χ0v) is 19.4. The number of para-hydroxylation sites is 2. The van der Waals surface area contributed by atoms with Gasteiger partial charge in [0.15, 0.2) is 12.3 Å². The van der Waals surface area contributed by atoms with E-state index in [1.165, 1.54) is 18.2 Å². The molecular formula is C25H23N5O5. The van der Waals surface area contributed by atoms with Crippen LogP contribution in [0.2, 0.25) is 0 Å². The highest BCUT2D eigenvalue weighted by Gasteiger charge is 2.21. The number of aryl methyl sites for hydroxylation is 1. The van der Waals surface area contributed by atoms with Crippen molar-refractivity contribution in [1.82, 2.24) is 14.8 Å². The van der Waals surface area contributed by atoms with E-state index >= 15 is 0 Å². The Labute approximate surface area is 200 Å². The normalized spacial score (nSPS) is 11.0. The van der Waals surface area contributed by atoms with Crippen molar-refractivity contribution in [2.24, 2.45) is 0 Å². The number of rotatable bonds is 7. The number of nitrogens with zero attached hydrogens (tertiary/aromatic N) is 4. The minimum atomic E-state index is -0.730. The molecule has 0 unspecified atom stereocenters. The van der Waals surface area contributed by atoms with Gasteiger partial charge in [-0.2, -0.15) is 5.10 Å². The molecule has 0 aliphatic heterocycles. The first-order valence-corrected chi connectivity index (χ1v) is 10.9. The number of amides is 1. The summed E-state index contributed by atoms with van der Waals surface area (Å²) in [7, 11) is 0. The smallest absolute Gasteiger partial charge is 0.339 e.